The summed E-state index contributed by atoms with van der Waals surface area (Å²) in [6, 6.07) is 13.9. The van der Waals surface area contributed by atoms with Gasteiger partial charge in [-0.05, 0) is 42.8 Å². The molecule has 2 amide bonds. The van der Waals surface area contributed by atoms with E-state index >= 15 is 0 Å². The van der Waals surface area contributed by atoms with Gasteiger partial charge in [0.05, 0.1) is 17.1 Å². The number of nitriles is 1. The first-order valence-electron chi connectivity index (χ1n) is 9.09. The van der Waals surface area contributed by atoms with Gasteiger partial charge in [-0.2, -0.15) is 5.26 Å². The Morgan fingerprint density at radius 1 is 1.21 bits per heavy atom. The average molecular weight is 375 g/mol. The molecule has 3 aromatic rings. The van der Waals surface area contributed by atoms with Crippen molar-refractivity contribution >= 4 is 23.0 Å². The van der Waals surface area contributed by atoms with Gasteiger partial charge in [0.15, 0.2) is 5.69 Å². The van der Waals surface area contributed by atoms with E-state index in [0.29, 0.717) is 23.3 Å². The Balaban J connectivity index is 1.92. The number of pyridine rings is 1. The molecule has 1 aromatic carbocycles. The summed E-state index contributed by atoms with van der Waals surface area (Å²) in [6.07, 6.45) is 3.61. The Morgan fingerprint density at radius 3 is 2.64 bits per heavy atom. The smallest absolute Gasteiger partial charge is 0.289 e. The van der Waals surface area contributed by atoms with Gasteiger partial charge in [0.25, 0.3) is 11.8 Å². The maximum atomic E-state index is 12.8. The maximum Gasteiger partial charge on any atom is 0.289 e. The van der Waals surface area contributed by atoms with E-state index in [2.05, 4.69) is 17.2 Å². The lowest BCUT2D eigenvalue weighted by atomic mass is 10.2. The second kappa shape index (κ2) is 8.35. The molecule has 0 saturated heterocycles. The molecule has 7 nitrogen and oxygen atoms in total. The van der Waals surface area contributed by atoms with Crippen molar-refractivity contribution in [3.05, 3.63) is 65.7 Å². The number of nitrogens with one attached hydrogen (secondary N) is 1. The monoisotopic (exact) mass is 375 g/mol. The molecule has 0 atom stereocenters. The Kier molecular flexibility index (Phi) is 5.70. The highest BCUT2D eigenvalue weighted by Gasteiger charge is 2.23. The van der Waals surface area contributed by atoms with E-state index in [-0.39, 0.29) is 17.4 Å². The van der Waals surface area contributed by atoms with Crippen LogP contribution in [0.1, 0.15) is 46.4 Å². The number of rotatable bonds is 6. The summed E-state index contributed by atoms with van der Waals surface area (Å²) in [6.45, 7) is 2.69. The third-order valence-electron chi connectivity index (χ3n) is 4.42. The minimum absolute atomic E-state index is 0.178. The number of aromatic nitrogens is 2. The fourth-order valence-corrected chi connectivity index (χ4v) is 2.84. The van der Waals surface area contributed by atoms with Crippen LogP contribution in [0.5, 0.6) is 0 Å². The van der Waals surface area contributed by atoms with Crippen LogP contribution in [0.4, 0.5) is 5.69 Å². The van der Waals surface area contributed by atoms with Crippen LogP contribution >= 0.6 is 0 Å². The van der Waals surface area contributed by atoms with Gasteiger partial charge in [0, 0.05) is 25.5 Å². The summed E-state index contributed by atoms with van der Waals surface area (Å²) < 4.78 is 1.64. The molecule has 0 aliphatic heterocycles. The molecule has 0 radical (unpaired) electrons. The summed E-state index contributed by atoms with van der Waals surface area (Å²) in [5, 5.41) is 11.6. The van der Waals surface area contributed by atoms with Crippen molar-refractivity contribution in [2.45, 2.75) is 19.8 Å². The van der Waals surface area contributed by atoms with Crippen LogP contribution in [0.3, 0.4) is 0 Å². The molecule has 3 rings (SSSR count). The third-order valence-corrected chi connectivity index (χ3v) is 4.42. The lowest BCUT2D eigenvalue weighted by Gasteiger charge is -2.15. The fourth-order valence-electron chi connectivity index (χ4n) is 2.84. The van der Waals surface area contributed by atoms with Crippen LogP contribution < -0.4 is 5.32 Å². The quantitative estimate of drug-likeness (QED) is 0.715. The molecule has 0 unspecified atom stereocenters. The van der Waals surface area contributed by atoms with Crippen LogP contribution in [0, 0.1) is 11.3 Å². The zero-order chi connectivity index (χ0) is 20.1. The number of carbonyl (C=O) groups is 2. The number of hydrogen-bond donors (Lipinski definition) is 1. The number of imidazole rings is 1. The second-order valence-corrected chi connectivity index (χ2v) is 6.46. The summed E-state index contributed by atoms with van der Waals surface area (Å²) in [7, 11) is 1.73. The fraction of sp³-hybridized carbons (Fsp3) is 0.238. The molecule has 0 fully saturated rings. The number of fused-ring (bicyclic) bond motifs is 1. The standard InChI is InChI=1S/C21H21N5O2/c1-3-4-12-25(2)21(28)19-24-18(17-7-5-6-13-26(17)19)20(27)23-16-10-8-15(14-22)9-11-16/h5-11,13H,3-4,12H2,1-2H3,(H,23,27). The normalized spacial score (nSPS) is 10.5. The Bertz CT molecular complexity index is 1050. The predicted molar refractivity (Wildman–Crippen MR) is 106 cm³/mol. The van der Waals surface area contributed by atoms with Crippen LogP contribution in [-0.2, 0) is 0 Å². The van der Waals surface area contributed by atoms with Gasteiger partial charge < -0.3 is 10.2 Å². The highest BCUT2D eigenvalue weighted by molar-refractivity contribution is 6.08. The molecule has 2 aromatic heterocycles. The first kappa shape index (κ1) is 19.1. The van der Waals surface area contributed by atoms with Crippen LogP contribution in [0.25, 0.3) is 5.52 Å². The van der Waals surface area contributed by atoms with Crippen LogP contribution in [0.2, 0.25) is 0 Å². The SMILES string of the molecule is CCCCN(C)C(=O)c1nc(C(=O)Nc2ccc(C#N)cc2)c2ccccn12. The summed E-state index contributed by atoms with van der Waals surface area (Å²) in [4.78, 5) is 31.6. The van der Waals surface area contributed by atoms with Crippen molar-refractivity contribution in [2.75, 3.05) is 18.9 Å². The molecule has 2 heterocycles. The first-order valence-corrected chi connectivity index (χ1v) is 9.09. The van der Waals surface area contributed by atoms with Gasteiger partial charge in [0.2, 0.25) is 5.82 Å². The number of hydrogen-bond acceptors (Lipinski definition) is 4. The van der Waals surface area contributed by atoms with Gasteiger partial charge in [-0.25, -0.2) is 4.98 Å². The molecule has 0 saturated carbocycles. The summed E-state index contributed by atoms with van der Waals surface area (Å²) in [5.74, 6) is -0.435. The van der Waals surface area contributed by atoms with Gasteiger partial charge in [-0.1, -0.05) is 19.4 Å². The number of anilines is 1. The number of benzene rings is 1. The molecule has 0 bridgehead atoms. The highest BCUT2D eigenvalue weighted by atomic mass is 16.2. The molecule has 7 heteroatoms. The predicted octanol–water partition coefficient (Wildman–Crippen LogP) is 3.33. The van der Waals surface area contributed by atoms with E-state index < -0.39 is 5.91 Å². The number of carbonyl (C=O) groups excluding carboxylic acids is 2. The van der Waals surface area contributed by atoms with E-state index in [9.17, 15) is 9.59 Å². The van der Waals surface area contributed by atoms with E-state index in [1.807, 2.05) is 6.07 Å². The van der Waals surface area contributed by atoms with Gasteiger partial charge in [0.1, 0.15) is 0 Å². The summed E-state index contributed by atoms with van der Waals surface area (Å²) >= 11 is 0. The van der Waals surface area contributed by atoms with Crippen molar-refractivity contribution < 1.29 is 9.59 Å². The van der Waals surface area contributed by atoms with Crippen molar-refractivity contribution in [3.63, 3.8) is 0 Å². The zero-order valence-electron chi connectivity index (χ0n) is 15.8. The number of nitrogens with zero attached hydrogens (tertiary/aromatic N) is 4. The van der Waals surface area contributed by atoms with Gasteiger partial charge in [-0.15, -0.1) is 0 Å². The van der Waals surface area contributed by atoms with E-state index in [1.54, 1.807) is 65.0 Å². The largest absolute Gasteiger partial charge is 0.339 e. The molecule has 1 N–H and O–H groups in total. The number of amides is 2. The van der Waals surface area contributed by atoms with Crippen LogP contribution in [-0.4, -0.2) is 39.7 Å². The number of unbranched alkanes of at least 4 members (excludes halogenated alkanes) is 1. The molecule has 28 heavy (non-hydrogen) atoms. The topological polar surface area (TPSA) is 90.5 Å². The third kappa shape index (κ3) is 3.86. The van der Waals surface area contributed by atoms with E-state index in [4.69, 9.17) is 5.26 Å². The molecule has 0 aliphatic rings. The Hall–Kier alpha value is -3.66. The van der Waals surface area contributed by atoms with E-state index in [1.165, 1.54) is 0 Å². The molecular formula is C21H21N5O2. The minimum atomic E-state index is -0.413. The molecule has 0 aliphatic carbocycles. The highest BCUT2D eigenvalue weighted by Crippen LogP contribution is 2.17. The molecule has 142 valence electrons. The minimum Gasteiger partial charge on any atom is -0.339 e. The van der Waals surface area contributed by atoms with Crippen molar-refractivity contribution in [1.82, 2.24) is 14.3 Å². The van der Waals surface area contributed by atoms with Crippen molar-refractivity contribution in [1.29, 1.82) is 5.26 Å². The van der Waals surface area contributed by atoms with Crippen LogP contribution in [0.15, 0.2) is 48.7 Å². The van der Waals surface area contributed by atoms with Crippen molar-refractivity contribution in [3.8, 4) is 6.07 Å². The van der Waals surface area contributed by atoms with Gasteiger partial charge >= 0.3 is 0 Å². The lowest BCUT2D eigenvalue weighted by Crippen LogP contribution is -2.29. The summed E-state index contributed by atoms with van der Waals surface area (Å²) in [5.41, 5.74) is 1.79. The zero-order valence-corrected chi connectivity index (χ0v) is 15.8. The molecule has 0 spiro atoms. The first-order chi connectivity index (χ1) is 13.5. The lowest BCUT2D eigenvalue weighted by molar-refractivity contribution is 0.0780. The average Bonchev–Trinajstić information content (AvgIpc) is 3.11. The maximum absolute atomic E-state index is 12.8. The second-order valence-electron chi connectivity index (χ2n) is 6.46. The molecular weight excluding hydrogens is 354 g/mol. The Morgan fingerprint density at radius 2 is 1.96 bits per heavy atom. The van der Waals surface area contributed by atoms with Gasteiger partial charge in [-0.3, -0.25) is 14.0 Å². The van der Waals surface area contributed by atoms with Crippen molar-refractivity contribution in [2.24, 2.45) is 0 Å². The Labute approximate surface area is 163 Å². The van der Waals surface area contributed by atoms with E-state index in [0.717, 1.165) is 12.8 Å².